The van der Waals surface area contributed by atoms with Gasteiger partial charge in [0.05, 0.1) is 28.6 Å². The first-order valence-corrected chi connectivity index (χ1v) is 14.1. The van der Waals surface area contributed by atoms with Crippen molar-refractivity contribution < 1.29 is 16.5 Å². The number of hydrogen-bond donors (Lipinski definition) is 2. The molecular weight excluding hydrogens is 519 g/mol. The summed E-state index contributed by atoms with van der Waals surface area (Å²) in [5.41, 5.74) is 4.98. The summed E-state index contributed by atoms with van der Waals surface area (Å²) in [6.45, 7) is 3.55. The van der Waals surface area contributed by atoms with E-state index < -0.39 is 10.5 Å². The molecule has 10 heteroatoms. The number of unbranched alkanes of at least 4 members (excludes halogenated alkanes) is 1. The van der Waals surface area contributed by atoms with Gasteiger partial charge in [-0.1, -0.05) is 35.4 Å². The minimum absolute atomic E-state index is 0.0932. The van der Waals surface area contributed by atoms with E-state index in [9.17, 15) is 22.4 Å². The maximum Gasteiger partial charge on any atom is 0.488 e. The van der Waals surface area contributed by atoms with Crippen molar-refractivity contribution in [2.75, 3.05) is 13.1 Å². The molecule has 1 saturated heterocycles. The number of aromatic nitrogens is 2. The van der Waals surface area contributed by atoms with Crippen LogP contribution in [0.2, 0.25) is 0 Å². The lowest BCUT2D eigenvalue weighted by atomic mass is 9.93. The second-order valence-corrected chi connectivity index (χ2v) is 10.8. The summed E-state index contributed by atoms with van der Waals surface area (Å²) in [6, 6.07) is 17.7. The molecular formula is C29H25FN4O4S. The summed E-state index contributed by atoms with van der Waals surface area (Å²) in [7, 11) is -5.17. The van der Waals surface area contributed by atoms with Gasteiger partial charge in [0.1, 0.15) is 11.4 Å². The van der Waals surface area contributed by atoms with E-state index in [0.29, 0.717) is 34.0 Å². The summed E-state index contributed by atoms with van der Waals surface area (Å²) >= 11 is 0. The van der Waals surface area contributed by atoms with Crippen molar-refractivity contribution in [1.29, 1.82) is 5.26 Å². The number of H-pyrrole nitrogens is 1. The summed E-state index contributed by atoms with van der Waals surface area (Å²) in [4.78, 5) is 17.4. The number of hydrogen-bond acceptors (Lipinski definition) is 6. The molecule has 0 amide bonds. The fourth-order valence-electron chi connectivity index (χ4n) is 5.44. The van der Waals surface area contributed by atoms with E-state index in [4.69, 9.17) is 0 Å². The molecule has 0 aliphatic carbocycles. The predicted octanol–water partition coefficient (Wildman–Crippen LogP) is 5.25. The first-order valence-electron chi connectivity index (χ1n) is 12.8. The zero-order valence-electron chi connectivity index (χ0n) is 21.1. The fourth-order valence-corrected chi connectivity index (χ4v) is 5.77. The number of aryl methyl sites for hydroxylation is 1. The molecule has 1 aliphatic heterocycles. The van der Waals surface area contributed by atoms with Crippen molar-refractivity contribution in [2.45, 2.75) is 32.2 Å². The maximum atomic E-state index is 14.0. The molecule has 3 aromatic carbocycles. The predicted molar refractivity (Wildman–Crippen MR) is 149 cm³/mol. The molecule has 6 rings (SSSR count). The number of aromatic amines is 1. The van der Waals surface area contributed by atoms with Crippen LogP contribution in [0.1, 0.15) is 36.9 Å². The molecule has 0 saturated carbocycles. The molecule has 1 fully saturated rings. The summed E-state index contributed by atoms with van der Waals surface area (Å²) in [5.74, 6) is -0.128. The van der Waals surface area contributed by atoms with Crippen molar-refractivity contribution >= 4 is 43.3 Å². The number of rotatable bonds is 7. The number of nitrogens with zero attached hydrogens (tertiary/aromatic N) is 2. The minimum atomic E-state index is -5.17. The SMILES string of the molecule is CCCCc1cc2c(=O)c3c4ccc(C#N)cc4[nH]c3n(C3CNC3)c2cc1-c1cccc(OS(=O)(=O)F)c1. The average Bonchev–Trinajstić information content (AvgIpc) is 3.26. The van der Waals surface area contributed by atoms with Crippen LogP contribution in [0.4, 0.5) is 3.89 Å². The minimum Gasteiger partial charge on any atom is -0.358 e. The largest absolute Gasteiger partial charge is 0.488 e. The number of nitriles is 1. The Balaban J connectivity index is 1.68. The first-order chi connectivity index (χ1) is 18.8. The van der Waals surface area contributed by atoms with Gasteiger partial charge in [0.25, 0.3) is 0 Å². The standard InChI is InChI=1S/C29H25FN4O4S/c1-2-3-5-19-12-24-26(13-23(19)18-6-4-7-21(11-18)38-39(30,36)37)34(20-15-32-16-20)29-27(28(24)35)22-9-8-17(14-31)10-25(22)33-29/h4,6-13,20,32-33H,2-3,5,15-16H2,1H3. The Labute approximate surface area is 224 Å². The molecule has 8 nitrogen and oxygen atoms in total. The second kappa shape index (κ2) is 9.52. The van der Waals surface area contributed by atoms with Gasteiger partial charge in [-0.2, -0.15) is 13.7 Å². The van der Waals surface area contributed by atoms with Gasteiger partial charge in [-0.3, -0.25) is 4.79 Å². The third-order valence-corrected chi connectivity index (χ3v) is 7.76. The van der Waals surface area contributed by atoms with Gasteiger partial charge in [0.15, 0.2) is 5.43 Å². The van der Waals surface area contributed by atoms with Crippen LogP contribution >= 0.6 is 0 Å². The Kier molecular flexibility index (Phi) is 6.13. The van der Waals surface area contributed by atoms with E-state index >= 15 is 0 Å². The van der Waals surface area contributed by atoms with Crippen LogP contribution in [-0.4, -0.2) is 31.1 Å². The number of halogens is 1. The molecule has 0 radical (unpaired) electrons. The molecule has 5 aromatic rings. The number of benzene rings is 3. The molecule has 0 spiro atoms. The van der Waals surface area contributed by atoms with E-state index in [2.05, 4.69) is 32.0 Å². The van der Waals surface area contributed by atoms with Crippen LogP contribution < -0.4 is 14.9 Å². The number of fused-ring (bicyclic) bond motifs is 4. The van der Waals surface area contributed by atoms with Crippen molar-refractivity contribution in [3.8, 4) is 22.9 Å². The lowest BCUT2D eigenvalue weighted by Crippen LogP contribution is -2.44. The highest BCUT2D eigenvalue weighted by Crippen LogP contribution is 2.36. The van der Waals surface area contributed by atoms with Crippen LogP contribution in [0.15, 0.2) is 59.4 Å². The van der Waals surface area contributed by atoms with Gasteiger partial charge in [-0.25, -0.2) is 0 Å². The molecule has 2 aromatic heterocycles. The van der Waals surface area contributed by atoms with Gasteiger partial charge < -0.3 is 19.1 Å². The summed E-state index contributed by atoms with van der Waals surface area (Å²) in [6.07, 6.45) is 2.54. The van der Waals surface area contributed by atoms with Crippen molar-refractivity contribution in [1.82, 2.24) is 14.9 Å². The zero-order valence-corrected chi connectivity index (χ0v) is 21.9. The van der Waals surface area contributed by atoms with Gasteiger partial charge in [-0.05, 0) is 65.9 Å². The lowest BCUT2D eigenvalue weighted by molar-refractivity contribution is 0.357. The van der Waals surface area contributed by atoms with E-state index in [0.717, 1.165) is 53.5 Å². The fraction of sp³-hybridized carbons (Fsp3) is 0.241. The molecule has 1 aliphatic rings. The van der Waals surface area contributed by atoms with E-state index in [1.165, 1.54) is 12.1 Å². The Morgan fingerprint density at radius 3 is 2.64 bits per heavy atom. The third-order valence-electron chi connectivity index (χ3n) is 7.37. The van der Waals surface area contributed by atoms with Gasteiger partial charge in [0.2, 0.25) is 0 Å². The third kappa shape index (κ3) is 4.43. The van der Waals surface area contributed by atoms with Crippen molar-refractivity contribution in [3.05, 3.63) is 75.9 Å². The van der Waals surface area contributed by atoms with E-state index in [-0.39, 0.29) is 17.2 Å². The highest BCUT2D eigenvalue weighted by molar-refractivity contribution is 7.81. The number of pyridine rings is 1. The molecule has 0 bridgehead atoms. The van der Waals surface area contributed by atoms with Crippen LogP contribution in [0.3, 0.4) is 0 Å². The van der Waals surface area contributed by atoms with Gasteiger partial charge in [0, 0.05) is 29.4 Å². The van der Waals surface area contributed by atoms with Gasteiger partial charge >= 0.3 is 10.5 Å². The molecule has 39 heavy (non-hydrogen) atoms. The lowest BCUT2D eigenvalue weighted by Gasteiger charge is -2.32. The van der Waals surface area contributed by atoms with Crippen LogP contribution in [0.5, 0.6) is 5.75 Å². The summed E-state index contributed by atoms with van der Waals surface area (Å²) in [5, 5.41) is 14.6. The highest BCUT2D eigenvalue weighted by Gasteiger charge is 2.26. The smallest absolute Gasteiger partial charge is 0.358 e. The van der Waals surface area contributed by atoms with Gasteiger partial charge in [-0.15, -0.1) is 0 Å². The highest BCUT2D eigenvalue weighted by atomic mass is 32.3. The van der Waals surface area contributed by atoms with Crippen molar-refractivity contribution in [3.63, 3.8) is 0 Å². The summed E-state index contributed by atoms with van der Waals surface area (Å²) < 4.78 is 42.1. The first kappa shape index (κ1) is 25.1. The number of nitrogens with one attached hydrogen (secondary N) is 2. The monoisotopic (exact) mass is 544 g/mol. The Bertz CT molecular complexity index is 1980. The Morgan fingerprint density at radius 1 is 1.13 bits per heavy atom. The van der Waals surface area contributed by atoms with E-state index in [1.807, 2.05) is 24.3 Å². The maximum absolute atomic E-state index is 14.0. The molecule has 3 heterocycles. The molecule has 0 unspecified atom stereocenters. The zero-order chi connectivity index (χ0) is 27.3. The normalized spacial score (nSPS) is 14.1. The van der Waals surface area contributed by atoms with Crippen LogP contribution in [0.25, 0.3) is 44.0 Å². The second-order valence-electron chi connectivity index (χ2n) is 9.87. The Morgan fingerprint density at radius 2 is 1.95 bits per heavy atom. The topological polar surface area (TPSA) is 117 Å². The average molecular weight is 545 g/mol. The van der Waals surface area contributed by atoms with Crippen LogP contribution in [0, 0.1) is 11.3 Å². The van der Waals surface area contributed by atoms with Crippen molar-refractivity contribution in [2.24, 2.45) is 0 Å². The van der Waals surface area contributed by atoms with Crippen LogP contribution in [-0.2, 0) is 16.9 Å². The Hall–Kier alpha value is -4.20. The molecule has 2 N–H and O–H groups in total. The quantitative estimate of drug-likeness (QED) is 0.270. The molecule has 0 atom stereocenters. The molecule has 198 valence electrons. The van der Waals surface area contributed by atoms with E-state index in [1.54, 1.807) is 18.2 Å².